The number of hydrogen-bond acceptors (Lipinski definition) is 3. The van der Waals surface area contributed by atoms with Crippen molar-refractivity contribution in [1.29, 1.82) is 0 Å². The maximum absolute atomic E-state index is 12.3. The molecule has 1 aromatic rings. The first-order valence-corrected chi connectivity index (χ1v) is 7.93. The highest BCUT2D eigenvalue weighted by Crippen LogP contribution is 2.31. The van der Waals surface area contributed by atoms with Gasteiger partial charge in [-0.15, -0.1) is 0 Å². The summed E-state index contributed by atoms with van der Waals surface area (Å²) in [5.74, 6) is 0.283. The fourth-order valence-electron chi connectivity index (χ4n) is 2.82. The van der Waals surface area contributed by atoms with Crippen molar-refractivity contribution in [3.63, 3.8) is 0 Å². The molecule has 2 atom stereocenters. The second-order valence-electron chi connectivity index (χ2n) is 6.24. The van der Waals surface area contributed by atoms with E-state index in [4.69, 9.17) is 5.73 Å². The zero-order valence-electron chi connectivity index (χ0n) is 13.3. The lowest BCUT2D eigenvalue weighted by Crippen LogP contribution is -2.29. The van der Waals surface area contributed by atoms with Gasteiger partial charge >= 0.3 is 0 Å². The van der Waals surface area contributed by atoms with Crippen LogP contribution in [-0.4, -0.2) is 18.4 Å². The van der Waals surface area contributed by atoms with Crippen molar-refractivity contribution in [3.05, 3.63) is 24.3 Å². The van der Waals surface area contributed by atoms with E-state index in [9.17, 15) is 9.59 Å². The zero-order valence-corrected chi connectivity index (χ0v) is 13.3. The van der Waals surface area contributed by atoms with E-state index in [1.807, 2.05) is 13.8 Å². The van der Waals surface area contributed by atoms with E-state index in [1.165, 1.54) is 0 Å². The van der Waals surface area contributed by atoms with Crippen LogP contribution in [0.15, 0.2) is 24.3 Å². The van der Waals surface area contributed by atoms with Crippen LogP contribution in [0.25, 0.3) is 0 Å². The van der Waals surface area contributed by atoms with Crippen molar-refractivity contribution in [2.24, 2.45) is 23.5 Å². The van der Waals surface area contributed by atoms with E-state index in [-0.39, 0.29) is 23.7 Å². The lowest BCUT2D eigenvalue weighted by molar-refractivity contribution is -0.121. The number of nitrogens with one attached hydrogen (secondary N) is 2. The Morgan fingerprint density at radius 1 is 1.14 bits per heavy atom. The zero-order chi connectivity index (χ0) is 16.1. The van der Waals surface area contributed by atoms with Crippen LogP contribution in [0.1, 0.15) is 33.1 Å². The lowest BCUT2D eigenvalue weighted by Gasteiger charge is -2.17. The predicted molar refractivity (Wildman–Crippen MR) is 88.4 cm³/mol. The fraction of sp³-hybridized carbons (Fsp3) is 0.529. The first kappa shape index (κ1) is 16.5. The Kier molecular flexibility index (Phi) is 5.55. The minimum Gasteiger partial charge on any atom is -0.330 e. The molecule has 22 heavy (non-hydrogen) atoms. The Morgan fingerprint density at radius 3 is 2.27 bits per heavy atom. The Balaban J connectivity index is 1.93. The number of carbonyl (C=O) groups is 2. The van der Waals surface area contributed by atoms with Crippen molar-refractivity contribution in [2.75, 3.05) is 17.2 Å². The van der Waals surface area contributed by atoms with Crippen LogP contribution in [0, 0.1) is 17.8 Å². The topological polar surface area (TPSA) is 84.2 Å². The van der Waals surface area contributed by atoms with Gasteiger partial charge in [0.2, 0.25) is 11.8 Å². The summed E-state index contributed by atoms with van der Waals surface area (Å²) in [6.45, 7) is 4.26. The second-order valence-corrected chi connectivity index (χ2v) is 6.24. The van der Waals surface area contributed by atoms with Crippen LogP contribution < -0.4 is 16.4 Å². The first-order chi connectivity index (χ1) is 10.5. The molecule has 2 rings (SSSR count). The van der Waals surface area contributed by atoms with E-state index in [0.717, 1.165) is 30.6 Å². The second kappa shape index (κ2) is 7.40. The molecule has 1 aliphatic rings. The van der Waals surface area contributed by atoms with Crippen molar-refractivity contribution >= 4 is 23.2 Å². The molecule has 0 aromatic heterocycles. The van der Waals surface area contributed by atoms with E-state index in [1.54, 1.807) is 24.3 Å². The summed E-state index contributed by atoms with van der Waals surface area (Å²) in [6, 6.07) is 7.20. The fourth-order valence-corrected chi connectivity index (χ4v) is 2.82. The number of amides is 2. The molecular weight excluding hydrogens is 278 g/mol. The normalized spacial score (nSPS) is 20.9. The third-order valence-corrected chi connectivity index (χ3v) is 4.24. The monoisotopic (exact) mass is 303 g/mol. The molecule has 5 heteroatoms. The number of hydrogen-bond donors (Lipinski definition) is 3. The summed E-state index contributed by atoms with van der Waals surface area (Å²) in [4.78, 5) is 23.9. The summed E-state index contributed by atoms with van der Waals surface area (Å²) in [6.07, 6.45) is 3.02. The van der Waals surface area contributed by atoms with Gasteiger partial charge < -0.3 is 16.4 Å². The van der Waals surface area contributed by atoms with Crippen LogP contribution in [-0.2, 0) is 9.59 Å². The molecule has 2 amide bonds. The molecule has 1 aromatic carbocycles. The van der Waals surface area contributed by atoms with E-state index >= 15 is 0 Å². The Morgan fingerprint density at radius 2 is 1.73 bits per heavy atom. The standard InChI is InChI=1S/C17H25N3O2/c1-11(2)16(21)19-13-6-8-14(9-7-13)20-17(22)15-5-3-4-12(15)10-18/h6-9,11-12,15H,3-5,10,18H2,1-2H3,(H,19,21)(H,20,22)/t12-,15-/m1/s1. The molecule has 120 valence electrons. The van der Waals surface area contributed by atoms with Gasteiger partial charge in [0.15, 0.2) is 0 Å². The Labute approximate surface area is 131 Å². The molecule has 0 unspecified atom stereocenters. The van der Waals surface area contributed by atoms with Crippen molar-refractivity contribution in [1.82, 2.24) is 0 Å². The largest absolute Gasteiger partial charge is 0.330 e. The first-order valence-electron chi connectivity index (χ1n) is 7.93. The Bertz CT molecular complexity index is 525. The van der Waals surface area contributed by atoms with Crippen LogP contribution in [0.2, 0.25) is 0 Å². The number of anilines is 2. The van der Waals surface area contributed by atoms with Gasteiger partial charge in [0, 0.05) is 23.2 Å². The molecule has 0 radical (unpaired) electrons. The predicted octanol–water partition coefficient (Wildman–Crippen LogP) is 2.59. The van der Waals surface area contributed by atoms with Crippen LogP contribution in [0.5, 0.6) is 0 Å². The number of nitrogens with two attached hydrogens (primary N) is 1. The van der Waals surface area contributed by atoms with Gasteiger partial charge in [0.05, 0.1) is 0 Å². The van der Waals surface area contributed by atoms with Gasteiger partial charge in [0.1, 0.15) is 0 Å². The summed E-state index contributed by atoms with van der Waals surface area (Å²) in [7, 11) is 0. The molecule has 0 spiro atoms. The number of benzene rings is 1. The van der Waals surface area contributed by atoms with Gasteiger partial charge in [-0.25, -0.2) is 0 Å². The van der Waals surface area contributed by atoms with Crippen molar-refractivity contribution < 1.29 is 9.59 Å². The SMILES string of the molecule is CC(C)C(=O)Nc1ccc(NC(=O)[C@@H]2CCC[C@@H]2CN)cc1. The minimum absolute atomic E-state index is 0.0188. The third-order valence-electron chi connectivity index (χ3n) is 4.24. The molecule has 0 bridgehead atoms. The van der Waals surface area contributed by atoms with Crippen LogP contribution in [0.4, 0.5) is 11.4 Å². The summed E-state index contributed by atoms with van der Waals surface area (Å²) < 4.78 is 0. The van der Waals surface area contributed by atoms with Crippen molar-refractivity contribution in [3.8, 4) is 0 Å². The summed E-state index contributed by atoms with van der Waals surface area (Å²) in [5.41, 5.74) is 7.21. The van der Waals surface area contributed by atoms with E-state index in [2.05, 4.69) is 10.6 Å². The molecule has 4 N–H and O–H groups in total. The van der Waals surface area contributed by atoms with Gasteiger partial charge in [-0.3, -0.25) is 9.59 Å². The maximum atomic E-state index is 12.3. The summed E-state index contributed by atoms with van der Waals surface area (Å²) >= 11 is 0. The minimum atomic E-state index is -0.0602. The van der Waals surface area contributed by atoms with E-state index in [0.29, 0.717) is 12.5 Å². The third kappa shape index (κ3) is 4.07. The van der Waals surface area contributed by atoms with Crippen LogP contribution in [0.3, 0.4) is 0 Å². The van der Waals surface area contributed by atoms with Gasteiger partial charge in [-0.05, 0) is 49.6 Å². The summed E-state index contributed by atoms with van der Waals surface area (Å²) in [5, 5.41) is 5.77. The Hall–Kier alpha value is -1.88. The average Bonchev–Trinajstić information content (AvgIpc) is 2.97. The van der Waals surface area contributed by atoms with Crippen LogP contribution >= 0.6 is 0 Å². The molecule has 1 aliphatic carbocycles. The average molecular weight is 303 g/mol. The molecule has 5 nitrogen and oxygen atoms in total. The highest BCUT2D eigenvalue weighted by molar-refractivity contribution is 5.94. The molecular formula is C17H25N3O2. The number of rotatable bonds is 5. The maximum Gasteiger partial charge on any atom is 0.227 e. The molecule has 0 aliphatic heterocycles. The van der Waals surface area contributed by atoms with Gasteiger partial charge in [-0.2, -0.15) is 0 Å². The van der Waals surface area contributed by atoms with E-state index < -0.39 is 0 Å². The molecule has 1 saturated carbocycles. The number of carbonyl (C=O) groups excluding carboxylic acids is 2. The van der Waals surface area contributed by atoms with Gasteiger partial charge in [0.25, 0.3) is 0 Å². The highest BCUT2D eigenvalue weighted by Gasteiger charge is 2.31. The smallest absolute Gasteiger partial charge is 0.227 e. The molecule has 1 fully saturated rings. The van der Waals surface area contributed by atoms with Crippen molar-refractivity contribution in [2.45, 2.75) is 33.1 Å². The molecule has 0 heterocycles. The molecule has 0 saturated heterocycles. The highest BCUT2D eigenvalue weighted by atomic mass is 16.2. The van der Waals surface area contributed by atoms with Gasteiger partial charge in [-0.1, -0.05) is 20.3 Å². The quantitative estimate of drug-likeness (QED) is 0.781. The lowest BCUT2D eigenvalue weighted by atomic mass is 9.95.